The molecule has 0 fully saturated rings. The van der Waals surface area contributed by atoms with Gasteiger partial charge in [-0.05, 0) is 55.9 Å². The molecule has 0 bridgehead atoms. The molecule has 1 amide bonds. The zero-order valence-electron chi connectivity index (χ0n) is 14.8. The summed E-state index contributed by atoms with van der Waals surface area (Å²) in [6, 6.07) is 14.1. The second-order valence-electron chi connectivity index (χ2n) is 6.03. The maximum Gasteiger partial charge on any atom is 0.224 e. The van der Waals surface area contributed by atoms with Crippen molar-refractivity contribution in [1.29, 1.82) is 0 Å². The van der Waals surface area contributed by atoms with Crippen LogP contribution in [-0.4, -0.2) is 24.8 Å². The third-order valence-electron chi connectivity index (χ3n) is 3.82. The molecule has 2 rings (SSSR count). The van der Waals surface area contributed by atoms with Gasteiger partial charge in [-0.3, -0.25) is 4.79 Å². The lowest BCUT2D eigenvalue weighted by molar-refractivity contribution is -0.121. The smallest absolute Gasteiger partial charge is 0.224 e. The number of ether oxygens (including phenoxy) is 1. The summed E-state index contributed by atoms with van der Waals surface area (Å²) in [5.74, 6) is 0.927. The fourth-order valence-corrected chi connectivity index (χ4v) is 2.94. The summed E-state index contributed by atoms with van der Waals surface area (Å²) in [4.78, 5) is 13.4. The van der Waals surface area contributed by atoms with Crippen LogP contribution in [0.5, 0.6) is 5.75 Å². The molecule has 128 valence electrons. The Morgan fingerprint density at radius 2 is 1.75 bits per heavy atom. The number of aryl methyl sites for hydroxylation is 2. The molecule has 1 unspecified atom stereocenters. The van der Waals surface area contributed by atoms with Gasteiger partial charge < -0.3 is 10.1 Å². The molecule has 0 aliphatic heterocycles. The number of carbonyl (C=O) groups excluding carboxylic acids is 1. The fraction of sp³-hybridized carbons (Fsp3) is 0.350. The summed E-state index contributed by atoms with van der Waals surface area (Å²) in [6.45, 7) is 6.48. The first-order valence-electron chi connectivity index (χ1n) is 8.11. The van der Waals surface area contributed by atoms with Gasteiger partial charge >= 0.3 is 0 Å². The highest BCUT2D eigenvalue weighted by molar-refractivity contribution is 7.98. The number of carbonyl (C=O) groups is 1. The molecule has 0 heterocycles. The van der Waals surface area contributed by atoms with Crippen LogP contribution in [0.25, 0.3) is 0 Å². The predicted molar refractivity (Wildman–Crippen MR) is 101 cm³/mol. The number of hydrogen-bond acceptors (Lipinski definition) is 3. The average molecular weight is 343 g/mol. The Morgan fingerprint density at radius 1 is 1.12 bits per heavy atom. The van der Waals surface area contributed by atoms with E-state index in [-0.39, 0.29) is 11.9 Å². The van der Waals surface area contributed by atoms with Gasteiger partial charge in [-0.2, -0.15) is 0 Å². The highest BCUT2D eigenvalue weighted by Crippen LogP contribution is 2.22. The standard InChI is InChI=1S/C20H25NO2S/c1-14-6-5-7-15(2)20(14)23-13-16(3)21-19(22)12-17-8-10-18(24-4)11-9-17/h5-11,16H,12-13H2,1-4H3,(H,21,22). The number of thioether (sulfide) groups is 1. The van der Waals surface area contributed by atoms with Gasteiger partial charge in [-0.25, -0.2) is 0 Å². The Kier molecular flexibility index (Phi) is 6.73. The summed E-state index contributed by atoms with van der Waals surface area (Å²) in [6.07, 6.45) is 2.43. The molecule has 0 spiro atoms. The maximum atomic E-state index is 12.2. The Bertz CT molecular complexity index is 662. The van der Waals surface area contributed by atoms with Gasteiger partial charge in [0, 0.05) is 4.90 Å². The molecule has 0 saturated carbocycles. The summed E-state index contributed by atoms with van der Waals surface area (Å²) >= 11 is 1.70. The molecule has 2 aromatic rings. The van der Waals surface area contributed by atoms with Crippen molar-refractivity contribution in [1.82, 2.24) is 5.32 Å². The maximum absolute atomic E-state index is 12.2. The minimum atomic E-state index is -0.0398. The Labute approximate surface area is 148 Å². The molecule has 3 nitrogen and oxygen atoms in total. The second-order valence-corrected chi connectivity index (χ2v) is 6.91. The number of hydrogen-bond donors (Lipinski definition) is 1. The number of rotatable bonds is 7. The highest BCUT2D eigenvalue weighted by Gasteiger charge is 2.10. The van der Waals surface area contributed by atoms with E-state index in [1.54, 1.807) is 11.8 Å². The summed E-state index contributed by atoms with van der Waals surface area (Å²) in [5, 5.41) is 3.00. The molecule has 24 heavy (non-hydrogen) atoms. The first kappa shape index (κ1) is 18.4. The fourth-order valence-electron chi connectivity index (χ4n) is 2.53. The molecule has 0 radical (unpaired) electrons. The van der Waals surface area contributed by atoms with Crippen molar-refractivity contribution in [3.05, 3.63) is 59.2 Å². The molecule has 0 aromatic heterocycles. The van der Waals surface area contributed by atoms with E-state index >= 15 is 0 Å². The summed E-state index contributed by atoms with van der Waals surface area (Å²) in [5.41, 5.74) is 3.25. The van der Waals surface area contributed by atoms with Crippen molar-refractivity contribution < 1.29 is 9.53 Å². The number of nitrogens with one attached hydrogen (secondary N) is 1. The van der Waals surface area contributed by atoms with E-state index in [1.807, 2.05) is 69.5 Å². The first-order valence-corrected chi connectivity index (χ1v) is 9.33. The van der Waals surface area contributed by atoms with Crippen LogP contribution in [0, 0.1) is 13.8 Å². The topological polar surface area (TPSA) is 38.3 Å². The zero-order valence-corrected chi connectivity index (χ0v) is 15.6. The van der Waals surface area contributed by atoms with Crippen LogP contribution >= 0.6 is 11.8 Å². The van der Waals surface area contributed by atoms with Gasteiger partial charge in [-0.1, -0.05) is 30.3 Å². The molecular weight excluding hydrogens is 318 g/mol. The minimum Gasteiger partial charge on any atom is -0.491 e. The van der Waals surface area contributed by atoms with Gasteiger partial charge in [0.05, 0.1) is 12.5 Å². The molecule has 1 atom stereocenters. The van der Waals surface area contributed by atoms with E-state index in [2.05, 4.69) is 5.32 Å². The quantitative estimate of drug-likeness (QED) is 0.768. The van der Waals surface area contributed by atoms with Crippen LogP contribution in [0.4, 0.5) is 0 Å². The van der Waals surface area contributed by atoms with Crippen molar-refractivity contribution in [3.8, 4) is 5.75 Å². The van der Waals surface area contributed by atoms with E-state index in [9.17, 15) is 4.79 Å². The molecule has 1 N–H and O–H groups in total. The van der Waals surface area contributed by atoms with Crippen LogP contribution in [0.15, 0.2) is 47.4 Å². The van der Waals surface area contributed by atoms with Gasteiger partial charge in [0.25, 0.3) is 0 Å². The van der Waals surface area contributed by atoms with Gasteiger partial charge in [0.2, 0.25) is 5.91 Å². The first-order chi connectivity index (χ1) is 11.5. The van der Waals surface area contributed by atoms with E-state index in [1.165, 1.54) is 4.90 Å². The number of amides is 1. The molecule has 4 heteroatoms. The summed E-state index contributed by atoms with van der Waals surface area (Å²) in [7, 11) is 0. The third-order valence-corrected chi connectivity index (χ3v) is 4.56. The van der Waals surface area contributed by atoms with E-state index < -0.39 is 0 Å². The van der Waals surface area contributed by atoms with Gasteiger partial charge in [0.1, 0.15) is 12.4 Å². The molecular formula is C20H25NO2S. The Hall–Kier alpha value is -1.94. The lowest BCUT2D eigenvalue weighted by Crippen LogP contribution is -2.37. The van der Waals surface area contributed by atoms with Crippen molar-refractivity contribution in [2.75, 3.05) is 12.9 Å². The Balaban J connectivity index is 1.83. The van der Waals surface area contributed by atoms with Crippen molar-refractivity contribution in [3.63, 3.8) is 0 Å². The zero-order chi connectivity index (χ0) is 17.5. The second kappa shape index (κ2) is 8.78. The lowest BCUT2D eigenvalue weighted by Gasteiger charge is -2.17. The third kappa shape index (κ3) is 5.31. The van der Waals surface area contributed by atoms with E-state index in [0.717, 1.165) is 22.4 Å². The molecule has 0 aliphatic carbocycles. The predicted octanol–water partition coefficient (Wildman–Crippen LogP) is 4.15. The van der Waals surface area contributed by atoms with E-state index in [0.29, 0.717) is 13.0 Å². The van der Waals surface area contributed by atoms with Crippen molar-refractivity contribution in [2.45, 2.75) is 38.1 Å². The average Bonchev–Trinajstić information content (AvgIpc) is 2.55. The lowest BCUT2D eigenvalue weighted by atomic mass is 10.1. The number of benzene rings is 2. The van der Waals surface area contributed by atoms with Crippen molar-refractivity contribution in [2.24, 2.45) is 0 Å². The van der Waals surface area contributed by atoms with Crippen LogP contribution in [-0.2, 0) is 11.2 Å². The van der Waals surface area contributed by atoms with Gasteiger partial charge in [-0.15, -0.1) is 11.8 Å². The van der Waals surface area contributed by atoms with Crippen LogP contribution in [0.3, 0.4) is 0 Å². The Morgan fingerprint density at radius 3 is 2.33 bits per heavy atom. The molecule has 0 aliphatic rings. The van der Waals surface area contributed by atoms with Crippen LogP contribution < -0.4 is 10.1 Å². The largest absolute Gasteiger partial charge is 0.491 e. The van der Waals surface area contributed by atoms with Gasteiger partial charge in [0.15, 0.2) is 0 Å². The molecule has 2 aromatic carbocycles. The minimum absolute atomic E-state index is 0.0181. The normalized spacial score (nSPS) is 11.8. The van der Waals surface area contributed by atoms with Crippen molar-refractivity contribution >= 4 is 17.7 Å². The highest BCUT2D eigenvalue weighted by atomic mass is 32.2. The molecule has 0 saturated heterocycles. The monoisotopic (exact) mass is 343 g/mol. The summed E-state index contributed by atoms with van der Waals surface area (Å²) < 4.78 is 5.89. The van der Waals surface area contributed by atoms with Crippen LogP contribution in [0.2, 0.25) is 0 Å². The van der Waals surface area contributed by atoms with Crippen LogP contribution in [0.1, 0.15) is 23.6 Å². The SMILES string of the molecule is CSc1ccc(CC(=O)NC(C)COc2c(C)cccc2C)cc1. The number of para-hydroxylation sites is 1. The van der Waals surface area contributed by atoms with E-state index in [4.69, 9.17) is 4.74 Å².